The maximum absolute atomic E-state index is 5.64. The van der Waals surface area contributed by atoms with E-state index in [-0.39, 0.29) is 0 Å². The standard InChI is InChI=1S/C15H16N2S2/c16-15(18)12-1-3-13(4-2-12)17(14-5-6-14)9-11-7-8-19-10-11/h1-4,7-8,10,14H,5-6,9H2,(H2,16,18). The minimum Gasteiger partial charge on any atom is -0.389 e. The van der Waals surface area contributed by atoms with Crippen LogP contribution in [-0.4, -0.2) is 11.0 Å². The van der Waals surface area contributed by atoms with Gasteiger partial charge in [-0.25, -0.2) is 0 Å². The van der Waals surface area contributed by atoms with Gasteiger partial charge in [0.1, 0.15) is 4.99 Å². The van der Waals surface area contributed by atoms with Crippen LogP contribution in [0, 0.1) is 0 Å². The predicted octanol–water partition coefficient (Wildman–Crippen LogP) is 3.55. The Morgan fingerprint density at radius 3 is 2.53 bits per heavy atom. The second-order valence-electron chi connectivity index (χ2n) is 4.90. The fourth-order valence-electron chi connectivity index (χ4n) is 2.21. The normalized spacial score (nSPS) is 14.3. The number of nitrogens with zero attached hydrogens (tertiary/aromatic N) is 1. The van der Waals surface area contributed by atoms with Crippen molar-refractivity contribution in [2.75, 3.05) is 4.90 Å². The van der Waals surface area contributed by atoms with Crippen LogP contribution in [0.4, 0.5) is 5.69 Å². The Morgan fingerprint density at radius 2 is 2.00 bits per heavy atom. The largest absolute Gasteiger partial charge is 0.389 e. The van der Waals surface area contributed by atoms with E-state index >= 15 is 0 Å². The number of rotatable bonds is 5. The molecule has 98 valence electrons. The molecule has 0 unspecified atom stereocenters. The highest BCUT2D eigenvalue weighted by Crippen LogP contribution is 2.33. The number of benzene rings is 1. The highest BCUT2D eigenvalue weighted by atomic mass is 32.1. The molecule has 0 aliphatic heterocycles. The highest BCUT2D eigenvalue weighted by molar-refractivity contribution is 7.80. The van der Waals surface area contributed by atoms with E-state index < -0.39 is 0 Å². The summed E-state index contributed by atoms with van der Waals surface area (Å²) in [6, 6.07) is 11.2. The van der Waals surface area contributed by atoms with Gasteiger partial charge in [0.05, 0.1) is 0 Å². The molecule has 2 nitrogen and oxygen atoms in total. The molecule has 0 saturated heterocycles. The van der Waals surface area contributed by atoms with Crippen molar-refractivity contribution in [1.82, 2.24) is 0 Å². The Labute approximate surface area is 122 Å². The first-order valence-electron chi connectivity index (χ1n) is 6.41. The van der Waals surface area contributed by atoms with E-state index in [0.717, 1.165) is 12.1 Å². The number of nitrogens with two attached hydrogens (primary N) is 1. The van der Waals surface area contributed by atoms with Gasteiger partial charge in [0.2, 0.25) is 0 Å². The molecule has 19 heavy (non-hydrogen) atoms. The van der Waals surface area contributed by atoms with Gasteiger partial charge in [0, 0.05) is 23.8 Å². The van der Waals surface area contributed by atoms with E-state index in [4.69, 9.17) is 18.0 Å². The van der Waals surface area contributed by atoms with Gasteiger partial charge in [-0.3, -0.25) is 0 Å². The molecule has 4 heteroatoms. The third kappa shape index (κ3) is 2.96. The molecule has 0 bridgehead atoms. The van der Waals surface area contributed by atoms with Crippen molar-refractivity contribution >= 4 is 34.2 Å². The summed E-state index contributed by atoms with van der Waals surface area (Å²) in [5.74, 6) is 0. The minimum atomic E-state index is 0.461. The van der Waals surface area contributed by atoms with E-state index in [9.17, 15) is 0 Å². The van der Waals surface area contributed by atoms with Gasteiger partial charge in [-0.2, -0.15) is 11.3 Å². The lowest BCUT2D eigenvalue weighted by molar-refractivity contribution is 0.796. The topological polar surface area (TPSA) is 29.3 Å². The summed E-state index contributed by atoms with van der Waals surface area (Å²) < 4.78 is 0. The van der Waals surface area contributed by atoms with Crippen LogP contribution in [0.15, 0.2) is 41.1 Å². The number of hydrogen-bond donors (Lipinski definition) is 1. The fourth-order valence-corrected chi connectivity index (χ4v) is 3.01. The van der Waals surface area contributed by atoms with Crippen LogP contribution >= 0.6 is 23.6 Å². The van der Waals surface area contributed by atoms with Crippen LogP contribution in [0.1, 0.15) is 24.0 Å². The van der Waals surface area contributed by atoms with Crippen molar-refractivity contribution in [3.05, 3.63) is 52.2 Å². The third-order valence-corrected chi connectivity index (χ3v) is 4.37. The summed E-state index contributed by atoms with van der Waals surface area (Å²) in [7, 11) is 0. The SMILES string of the molecule is NC(=S)c1ccc(N(Cc2ccsc2)C2CC2)cc1. The Balaban J connectivity index is 1.81. The van der Waals surface area contributed by atoms with Gasteiger partial charge >= 0.3 is 0 Å². The molecule has 2 N–H and O–H groups in total. The molecule has 0 atom stereocenters. The van der Waals surface area contributed by atoms with Gasteiger partial charge in [0.15, 0.2) is 0 Å². The molecule has 0 radical (unpaired) electrons. The minimum absolute atomic E-state index is 0.461. The fraction of sp³-hybridized carbons (Fsp3) is 0.267. The van der Waals surface area contributed by atoms with E-state index in [2.05, 4.69) is 33.9 Å². The van der Waals surface area contributed by atoms with Gasteiger partial charge in [-0.15, -0.1) is 0 Å². The van der Waals surface area contributed by atoms with Crippen LogP contribution < -0.4 is 10.6 Å². The lowest BCUT2D eigenvalue weighted by Gasteiger charge is -2.24. The van der Waals surface area contributed by atoms with Gasteiger partial charge in [-0.1, -0.05) is 12.2 Å². The zero-order valence-corrected chi connectivity index (χ0v) is 12.2. The Bertz CT molecular complexity index is 556. The average molecular weight is 288 g/mol. The second-order valence-corrected chi connectivity index (χ2v) is 6.12. The second kappa shape index (κ2) is 5.31. The smallest absolute Gasteiger partial charge is 0.103 e. The zero-order chi connectivity index (χ0) is 13.2. The summed E-state index contributed by atoms with van der Waals surface area (Å²) in [6.07, 6.45) is 2.59. The molecule has 1 aromatic heterocycles. The molecular formula is C15H16N2S2. The van der Waals surface area contributed by atoms with Gasteiger partial charge < -0.3 is 10.6 Å². The quantitative estimate of drug-likeness (QED) is 0.853. The highest BCUT2D eigenvalue weighted by Gasteiger charge is 2.29. The average Bonchev–Trinajstić information content (AvgIpc) is 3.13. The van der Waals surface area contributed by atoms with Crippen LogP contribution in [0.2, 0.25) is 0 Å². The van der Waals surface area contributed by atoms with Crippen molar-refractivity contribution in [3.8, 4) is 0 Å². The maximum Gasteiger partial charge on any atom is 0.103 e. The lowest BCUT2D eigenvalue weighted by atomic mass is 10.2. The van der Waals surface area contributed by atoms with Crippen molar-refractivity contribution in [2.24, 2.45) is 5.73 Å². The number of thiocarbonyl (C=S) groups is 1. The van der Waals surface area contributed by atoms with Crippen molar-refractivity contribution in [1.29, 1.82) is 0 Å². The van der Waals surface area contributed by atoms with Crippen LogP contribution in [0.25, 0.3) is 0 Å². The van der Waals surface area contributed by atoms with Crippen LogP contribution in [0.3, 0.4) is 0 Å². The van der Waals surface area contributed by atoms with E-state index in [1.807, 2.05) is 12.1 Å². The van der Waals surface area contributed by atoms with Gasteiger partial charge in [-0.05, 0) is 59.5 Å². The number of thiophene rings is 1. The van der Waals surface area contributed by atoms with Crippen molar-refractivity contribution < 1.29 is 0 Å². The summed E-state index contributed by atoms with van der Waals surface area (Å²) in [5.41, 5.74) is 9.22. The Kier molecular flexibility index (Phi) is 3.53. The van der Waals surface area contributed by atoms with E-state index in [1.165, 1.54) is 24.1 Å². The lowest BCUT2D eigenvalue weighted by Crippen LogP contribution is -2.24. The third-order valence-electron chi connectivity index (χ3n) is 3.40. The molecule has 1 aliphatic rings. The Hall–Kier alpha value is -1.39. The molecule has 3 rings (SSSR count). The predicted molar refractivity (Wildman–Crippen MR) is 85.9 cm³/mol. The van der Waals surface area contributed by atoms with Crippen molar-refractivity contribution in [2.45, 2.75) is 25.4 Å². The zero-order valence-electron chi connectivity index (χ0n) is 10.6. The molecule has 2 aromatic rings. The first-order chi connectivity index (χ1) is 9.24. The maximum atomic E-state index is 5.64. The molecule has 0 amide bonds. The molecule has 1 fully saturated rings. The van der Waals surface area contributed by atoms with Gasteiger partial charge in [0.25, 0.3) is 0 Å². The molecule has 1 aromatic carbocycles. The molecule has 1 aliphatic carbocycles. The first-order valence-corrected chi connectivity index (χ1v) is 7.77. The monoisotopic (exact) mass is 288 g/mol. The molecular weight excluding hydrogens is 272 g/mol. The molecule has 1 heterocycles. The number of anilines is 1. The Morgan fingerprint density at radius 1 is 1.26 bits per heavy atom. The van der Waals surface area contributed by atoms with Crippen LogP contribution in [0.5, 0.6) is 0 Å². The van der Waals surface area contributed by atoms with E-state index in [0.29, 0.717) is 11.0 Å². The summed E-state index contributed by atoms with van der Waals surface area (Å²) in [5, 5.41) is 4.36. The van der Waals surface area contributed by atoms with Crippen LogP contribution in [-0.2, 0) is 6.54 Å². The summed E-state index contributed by atoms with van der Waals surface area (Å²) in [4.78, 5) is 2.94. The summed E-state index contributed by atoms with van der Waals surface area (Å²) in [6.45, 7) is 0.987. The van der Waals surface area contributed by atoms with E-state index in [1.54, 1.807) is 11.3 Å². The summed E-state index contributed by atoms with van der Waals surface area (Å²) >= 11 is 6.75. The molecule has 1 saturated carbocycles. The van der Waals surface area contributed by atoms with Crippen molar-refractivity contribution in [3.63, 3.8) is 0 Å². The first kappa shape index (κ1) is 12.6. The molecule has 0 spiro atoms. The number of hydrogen-bond acceptors (Lipinski definition) is 3.